The maximum atomic E-state index is 13.6. The van der Waals surface area contributed by atoms with Crippen LogP contribution in [0.4, 0.5) is 10.1 Å². The Morgan fingerprint density at radius 2 is 1.66 bits per heavy atom. The van der Waals surface area contributed by atoms with Crippen LogP contribution in [0.1, 0.15) is 21.5 Å². The van der Waals surface area contributed by atoms with Gasteiger partial charge in [-0.15, -0.1) is 0 Å². The third-order valence-electron chi connectivity index (χ3n) is 6.81. The van der Waals surface area contributed by atoms with E-state index in [-0.39, 0.29) is 11.7 Å². The van der Waals surface area contributed by atoms with Gasteiger partial charge in [-0.1, -0.05) is 67.3 Å². The highest BCUT2D eigenvalue weighted by Crippen LogP contribution is 2.35. The second-order valence-electron chi connectivity index (χ2n) is 9.47. The van der Waals surface area contributed by atoms with Gasteiger partial charge < -0.3 is 10.3 Å². The van der Waals surface area contributed by atoms with E-state index < -0.39 is 0 Å². The number of hydrogen-bond acceptors (Lipinski definition) is 2. The minimum Gasteiger partial charge on any atom is -0.348 e. The van der Waals surface area contributed by atoms with Gasteiger partial charge in [0.1, 0.15) is 11.5 Å². The number of anilines is 1. The molecule has 2 aromatic heterocycles. The molecule has 6 rings (SSSR count). The highest BCUT2D eigenvalue weighted by atomic mass is 127. The average molecular weight is 650 g/mol. The van der Waals surface area contributed by atoms with Crippen LogP contribution in [0.15, 0.2) is 122 Å². The van der Waals surface area contributed by atoms with E-state index in [1.807, 2.05) is 60.7 Å². The smallest absolute Gasteiger partial charge is 0.255 e. The number of allylic oxidation sites excluding steroid dienone is 2. The number of aromatic nitrogens is 3. The number of nitrogens with zero attached hydrogens (tertiary/aromatic N) is 1. The van der Waals surface area contributed by atoms with Gasteiger partial charge in [-0.3, -0.25) is 9.89 Å². The quantitative estimate of drug-likeness (QED) is 0.119. The van der Waals surface area contributed by atoms with Gasteiger partial charge in [0.2, 0.25) is 0 Å². The van der Waals surface area contributed by atoms with Crippen molar-refractivity contribution in [2.24, 2.45) is 0 Å². The first-order chi connectivity index (χ1) is 20.0. The monoisotopic (exact) mass is 650 g/mol. The minimum absolute atomic E-state index is 0.155. The summed E-state index contributed by atoms with van der Waals surface area (Å²) in [5, 5.41) is 11.7. The molecule has 0 atom stereocenters. The number of fused-ring (bicyclic) bond motifs is 1. The lowest BCUT2D eigenvalue weighted by Gasteiger charge is -2.08. The fraction of sp³-hybridized carbons (Fsp3) is 0. The predicted molar refractivity (Wildman–Crippen MR) is 172 cm³/mol. The molecule has 200 valence electrons. The summed E-state index contributed by atoms with van der Waals surface area (Å²) in [5.41, 5.74) is 8.64. The average Bonchev–Trinajstić information content (AvgIpc) is 3.60. The Morgan fingerprint density at radius 3 is 2.44 bits per heavy atom. The molecule has 7 heteroatoms. The van der Waals surface area contributed by atoms with E-state index in [4.69, 9.17) is 0 Å². The Kier molecular flexibility index (Phi) is 7.35. The van der Waals surface area contributed by atoms with Gasteiger partial charge >= 0.3 is 0 Å². The molecule has 1 amide bonds. The molecule has 0 saturated heterocycles. The van der Waals surface area contributed by atoms with E-state index in [0.29, 0.717) is 5.56 Å². The van der Waals surface area contributed by atoms with Crippen LogP contribution in [0, 0.1) is 9.52 Å². The summed E-state index contributed by atoms with van der Waals surface area (Å²) in [6.45, 7) is 3.87. The lowest BCUT2D eigenvalue weighted by atomic mass is 9.99. The molecule has 0 bridgehead atoms. The Bertz CT molecular complexity index is 1920. The van der Waals surface area contributed by atoms with Gasteiger partial charge in [0.25, 0.3) is 5.91 Å². The molecule has 41 heavy (non-hydrogen) atoms. The molecule has 2 heterocycles. The number of hydrogen-bond donors (Lipinski definition) is 3. The summed E-state index contributed by atoms with van der Waals surface area (Å²) < 4.78 is 14.5. The number of rotatable bonds is 7. The first kappa shape index (κ1) is 26.5. The number of benzene rings is 4. The van der Waals surface area contributed by atoms with Crippen LogP contribution in [0.2, 0.25) is 0 Å². The van der Waals surface area contributed by atoms with Gasteiger partial charge in [0, 0.05) is 22.2 Å². The minimum atomic E-state index is -0.279. The van der Waals surface area contributed by atoms with E-state index in [1.165, 1.54) is 12.1 Å². The van der Waals surface area contributed by atoms with Crippen molar-refractivity contribution in [2.45, 2.75) is 0 Å². The number of halogens is 2. The maximum absolute atomic E-state index is 13.6. The van der Waals surface area contributed by atoms with Crippen molar-refractivity contribution in [1.82, 2.24) is 15.2 Å². The second-order valence-corrected chi connectivity index (χ2v) is 10.5. The number of nitrogens with one attached hydrogen (secondary N) is 3. The SMILES string of the molecule is C=C/C=C(/c1ccc(F)cc1)c1cc(-c2n[nH]c3ccc(-c4cccc(NC(=O)c5ccccc5)c4)cc23)[nH]c1I. The van der Waals surface area contributed by atoms with Crippen LogP contribution < -0.4 is 5.32 Å². The largest absolute Gasteiger partial charge is 0.348 e. The summed E-state index contributed by atoms with van der Waals surface area (Å²) in [5.74, 6) is -0.433. The van der Waals surface area contributed by atoms with Crippen molar-refractivity contribution >= 4 is 50.7 Å². The van der Waals surface area contributed by atoms with Crippen LogP contribution in [-0.4, -0.2) is 21.1 Å². The number of carbonyl (C=O) groups is 1. The lowest BCUT2D eigenvalue weighted by molar-refractivity contribution is 0.102. The normalized spacial score (nSPS) is 11.5. The molecule has 0 spiro atoms. The Labute approximate surface area is 250 Å². The van der Waals surface area contributed by atoms with Crippen LogP contribution in [0.5, 0.6) is 0 Å². The molecule has 6 aromatic rings. The fourth-order valence-electron chi connectivity index (χ4n) is 4.81. The molecule has 3 N–H and O–H groups in total. The topological polar surface area (TPSA) is 73.6 Å². The molecule has 0 unspecified atom stereocenters. The van der Waals surface area contributed by atoms with Crippen LogP contribution >= 0.6 is 22.6 Å². The lowest BCUT2D eigenvalue weighted by Crippen LogP contribution is -2.11. The Balaban J connectivity index is 1.34. The molecule has 0 aliphatic heterocycles. The van der Waals surface area contributed by atoms with Gasteiger partial charge in [-0.05, 0) is 99.5 Å². The van der Waals surface area contributed by atoms with Crippen molar-refractivity contribution in [3.8, 4) is 22.5 Å². The van der Waals surface area contributed by atoms with E-state index in [2.05, 4.69) is 61.8 Å². The van der Waals surface area contributed by atoms with Gasteiger partial charge in [0.15, 0.2) is 0 Å². The van der Waals surface area contributed by atoms with E-state index in [0.717, 1.165) is 59.5 Å². The molecule has 0 aliphatic rings. The van der Waals surface area contributed by atoms with Gasteiger partial charge in [-0.2, -0.15) is 5.10 Å². The first-order valence-electron chi connectivity index (χ1n) is 12.9. The van der Waals surface area contributed by atoms with E-state index >= 15 is 0 Å². The zero-order chi connectivity index (χ0) is 28.3. The molecule has 0 saturated carbocycles. The third kappa shape index (κ3) is 5.49. The maximum Gasteiger partial charge on any atom is 0.255 e. The highest BCUT2D eigenvalue weighted by Gasteiger charge is 2.17. The van der Waals surface area contributed by atoms with Gasteiger partial charge in [0.05, 0.1) is 14.9 Å². The summed E-state index contributed by atoms with van der Waals surface area (Å²) in [7, 11) is 0. The van der Waals surface area contributed by atoms with Crippen molar-refractivity contribution < 1.29 is 9.18 Å². The van der Waals surface area contributed by atoms with Crippen LogP contribution in [-0.2, 0) is 0 Å². The molecular weight excluding hydrogens is 626 g/mol. The Hall–Kier alpha value is -4.76. The summed E-state index contributed by atoms with van der Waals surface area (Å²) >= 11 is 2.27. The zero-order valence-electron chi connectivity index (χ0n) is 21.8. The van der Waals surface area contributed by atoms with Crippen LogP contribution in [0.3, 0.4) is 0 Å². The van der Waals surface area contributed by atoms with Crippen molar-refractivity contribution in [3.05, 3.63) is 148 Å². The molecule has 0 aliphatic carbocycles. The number of carbonyl (C=O) groups excluding carboxylic acids is 1. The molecule has 0 radical (unpaired) electrons. The number of amides is 1. The zero-order valence-corrected chi connectivity index (χ0v) is 23.9. The fourth-order valence-corrected chi connectivity index (χ4v) is 5.55. The number of aromatic amines is 2. The third-order valence-corrected chi connectivity index (χ3v) is 7.66. The van der Waals surface area contributed by atoms with Crippen molar-refractivity contribution in [2.75, 3.05) is 5.32 Å². The second kappa shape index (κ2) is 11.4. The van der Waals surface area contributed by atoms with E-state index in [1.54, 1.807) is 30.3 Å². The molecule has 0 fully saturated rings. The summed E-state index contributed by atoms with van der Waals surface area (Å²) in [6.07, 6.45) is 3.65. The standard InChI is InChI=1S/C34H24FIN4O/c1-2-7-27(21-12-15-25(35)16-13-21)28-20-31(38-33(28)36)32-29-19-24(14-17-30(29)39-40-32)23-10-6-11-26(18-23)37-34(41)22-8-4-3-5-9-22/h2-20,38H,1H2,(H,37,41)(H,39,40)/b27-7-. The van der Waals surface area contributed by atoms with E-state index in [9.17, 15) is 9.18 Å². The summed E-state index contributed by atoms with van der Waals surface area (Å²) in [6, 6.07) is 31.6. The molecular formula is C34H24FIN4O. The molecule has 5 nitrogen and oxygen atoms in total. The predicted octanol–water partition coefficient (Wildman–Crippen LogP) is 8.84. The highest BCUT2D eigenvalue weighted by molar-refractivity contribution is 14.1. The summed E-state index contributed by atoms with van der Waals surface area (Å²) in [4.78, 5) is 16.1. The van der Waals surface area contributed by atoms with Crippen LogP contribution in [0.25, 0.3) is 39.0 Å². The Morgan fingerprint density at radius 1 is 0.878 bits per heavy atom. The van der Waals surface area contributed by atoms with Crippen molar-refractivity contribution in [3.63, 3.8) is 0 Å². The molecule has 4 aromatic carbocycles. The number of H-pyrrole nitrogens is 2. The first-order valence-corrected chi connectivity index (χ1v) is 14.0. The van der Waals surface area contributed by atoms with Gasteiger partial charge in [-0.25, -0.2) is 4.39 Å². The van der Waals surface area contributed by atoms with Crippen molar-refractivity contribution in [1.29, 1.82) is 0 Å².